The summed E-state index contributed by atoms with van der Waals surface area (Å²) in [5.74, 6) is -0.285. The molecule has 0 aliphatic heterocycles. The summed E-state index contributed by atoms with van der Waals surface area (Å²) in [7, 11) is 4.10. The first-order valence-electron chi connectivity index (χ1n) is 11.6. The van der Waals surface area contributed by atoms with Gasteiger partial charge in [-0.05, 0) is 50.8 Å². The van der Waals surface area contributed by atoms with Gasteiger partial charge in [-0.3, -0.25) is 15.8 Å². The first-order valence-corrected chi connectivity index (χ1v) is 12.5. The molecular weight excluding hydrogens is 456 g/mol. The van der Waals surface area contributed by atoms with E-state index < -0.39 is 0 Å². The predicted octanol–water partition coefficient (Wildman–Crippen LogP) is 4.97. The van der Waals surface area contributed by atoms with Gasteiger partial charge in [0.25, 0.3) is 0 Å². The highest BCUT2D eigenvalue weighted by Gasteiger charge is 2.15. The van der Waals surface area contributed by atoms with Crippen LogP contribution in [0.5, 0.6) is 0 Å². The van der Waals surface area contributed by atoms with E-state index in [4.69, 9.17) is 15.6 Å². The summed E-state index contributed by atoms with van der Waals surface area (Å²) in [4.78, 5) is 12.4. The van der Waals surface area contributed by atoms with Crippen LogP contribution >= 0.6 is 11.8 Å². The smallest absolute Gasteiger partial charge is 0.241 e. The second kappa shape index (κ2) is 12.6. The molecule has 35 heavy (non-hydrogen) atoms. The van der Waals surface area contributed by atoms with Crippen molar-refractivity contribution in [3.8, 4) is 11.3 Å². The second-order valence-corrected chi connectivity index (χ2v) is 10.5. The van der Waals surface area contributed by atoms with Crippen molar-refractivity contribution in [1.82, 2.24) is 20.2 Å². The fourth-order valence-electron chi connectivity index (χ4n) is 3.30. The molecule has 0 spiro atoms. The van der Waals surface area contributed by atoms with E-state index in [1.54, 1.807) is 24.9 Å². The third-order valence-electron chi connectivity index (χ3n) is 5.18. The Bertz CT molecular complexity index is 1140. The lowest BCUT2D eigenvalue weighted by atomic mass is 10.1. The number of ether oxygens (including phenoxy) is 1. The van der Waals surface area contributed by atoms with Gasteiger partial charge in [-0.25, -0.2) is 4.98 Å². The molecule has 0 radical (unpaired) electrons. The lowest BCUT2D eigenvalue weighted by Crippen LogP contribution is -2.26. The van der Waals surface area contributed by atoms with E-state index in [1.807, 2.05) is 50.5 Å². The Balaban J connectivity index is 1.64. The highest BCUT2D eigenvalue weighted by molar-refractivity contribution is 7.99. The Labute approximate surface area is 212 Å². The minimum atomic E-state index is -0.191. The summed E-state index contributed by atoms with van der Waals surface area (Å²) in [5.41, 5.74) is 4.23. The fraction of sp³-hybridized carbons (Fsp3) is 0.333. The summed E-state index contributed by atoms with van der Waals surface area (Å²) in [6.07, 6.45) is 1.70. The zero-order valence-electron chi connectivity index (χ0n) is 21.1. The van der Waals surface area contributed by atoms with Crippen LogP contribution in [0.25, 0.3) is 11.3 Å². The van der Waals surface area contributed by atoms with Crippen molar-refractivity contribution >= 4 is 23.6 Å². The van der Waals surface area contributed by atoms with Gasteiger partial charge >= 0.3 is 0 Å². The molecular formula is C27H34N6OS. The van der Waals surface area contributed by atoms with Crippen molar-refractivity contribution in [3.63, 3.8) is 0 Å². The second-order valence-electron chi connectivity index (χ2n) is 8.82. The fourth-order valence-corrected chi connectivity index (χ4v) is 4.14. The van der Waals surface area contributed by atoms with Crippen molar-refractivity contribution < 1.29 is 4.74 Å². The molecule has 184 valence electrons. The predicted molar refractivity (Wildman–Crippen MR) is 145 cm³/mol. The van der Waals surface area contributed by atoms with Gasteiger partial charge in [-0.15, -0.1) is 11.8 Å². The average molecular weight is 491 g/mol. The van der Waals surface area contributed by atoms with Crippen LogP contribution in [-0.2, 0) is 11.3 Å². The number of aromatic nitrogens is 2. The topological polar surface area (TPSA) is 98.0 Å². The Morgan fingerprint density at radius 3 is 2.34 bits per heavy atom. The molecule has 8 heteroatoms. The number of hydrogen-bond donors (Lipinski definition) is 3. The Morgan fingerprint density at radius 1 is 1.03 bits per heavy atom. The summed E-state index contributed by atoms with van der Waals surface area (Å²) >= 11 is 1.81. The highest BCUT2D eigenvalue weighted by atomic mass is 32.2. The van der Waals surface area contributed by atoms with Crippen molar-refractivity contribution in [2.45, 2.75) is 37.5 Å². The van der Waals surface area contributed by atoms with Gasteiger partial charge in [-0.2, -0.15) is 0 Å². The molecule has 3 rings (SSSR count). The Morgan fingerprint density at radius 2 is 1.71 bits per heavy atom. The Hall–Kier alpha value is -3.07. The molecule has 0 aliphatic rings. The van der Waals surface area contributed by atoms with Crippen LogP contribution in [0.15, 0.2) is 59.6 Å². The molecule has 0 saturated heterocycles. The third kappa shape index (κ3) is 7.99. The number of thioether (sulfide) groups is 1. The van der Waals surface area contributed by atoms with Crippen LogP contribution in [-0.4, -0.2) is 59.1 Å². The number of nitrogens with one attached hydrogen (secondary N) is 3. The van der Waals surface area contributed by atoms with Crippen LogP contribution in [0.4, 0.5) is 0 Å². The van der Waals surface area contributed by atoms with Crippen LogP contribution in [0, 0.1) is 17.7 Å². The monoisotopic (exact) mass is 490 g/mol. The number of benzene rings is 2. The van der Waals surface area contributed by atoms with E-state index in [2.05, 4.69) is 46.2 Å². The lowest BCUT2D eigenvalue weighted by Gasteiger charge is -2.12. The van der Waals surface area contributed by atoms with Crippen LogP contribution in [0.2, 0.25) is 0 Å². The molecule has 1 heterocycles. The maximum absolute atomic E-state index is 8.43. The normalized spacial score (nSPS) is 11.2. The minimum absolute atomic E-state index is 0.0937. The van der Waals surface area contributed by atoms with Crippen LogP contribution in [0.1, 0.15) is 36.4 Å². The van der Waals surface area contributed by atoms with E-state index in [9.17, 15) is 0 Å². The number of nitrogens with zero attached hydrogens (tertiary/aromatic N) is 3. The lowest BCUT2D eigenvalue weighted by molar-refractivity contribution is 0.400. The molecule has 1 aromatic heterocycles. The maximum Gasteiger partial charge on any atom is 0.241 e. The first-order chi connectivity index (χ1) is 16.7. The molecule has 0 unspecified atom stereocenters. The van der Waals surface area contributed by atoms with Gasteiger partial charge in [0, 0.05) is 40.9 Å². The summed E-state index contributed by atoms with van der Waals surface area (Å²) < 4.78 is 5.56. The average Bonchev–Trinajstić information content (AvgIpc) is 2.82. The standard InChI is InChI=1S/C27H34N6OS/c1-18(2)35-23-12-10-21(11-13-23)24-17-31-19(3)25(32-24)27(29)34-26(28)22-8-6-20(7-9-22)16-30-14-15-33(4)5/h6-13,17-18,28-30H,14-16H2,1-5H3. The third-order valence-corrected chi connectivity index (χ3v) is 6.19. The molecule has 3 N–H and O–H groups in total. The number of likely N-dealkylation sites (N-methyl/N-ethyl adjacent to an activating group) is 1. The van der Waals surface area contributed by atoms with E-state index in [-0.39, 0.29) is 11.8 Å². The zero-order valence-corrected chi connectivity index (χ0v) is 21.9. The SMILES string of the molecule is Cc1ncc(-c2ccc(SC(C)C)cc2)nc1C(=N)OC(=N)c1ccc(CNCCN(C)C)cc1. The van der Waals surface area contributed by atoms with Crippen molar-refractivity contribution in [2.24, 2.45) is 0 Å². The largest absolute Gasteiger partial charge is 0.419 e. The number of hydrogen-bond acceptors (Lipinski definition) is 8. The molecule has 3 aromatic rings. The van der Waals surface area contributed by atoms with Crippen molar-refractivity contribution in [2.75, 3.05) is 27.2 Å². The molecule has 0 atom stereocenters. The molecule has 7 nitrogen and oxygen atoms in total. The van der Waals surface area contributed by atoms with Gasteiger partial charge in [0.1, 0.15) is 5.69 Å². The minimum Gasteiger partial charge on any atom is -0.419 e. The molecule has 0 saturated carbocycles. The van der Waals surface area contributed by atoms with Gasteiger partial charge < -0.3 is 15.0 Å². The van der Waals surface area contributed by atoms with Gasteiger partial charge in [0.05, 0.1) is 17.6 Å². The first kappa shape index (κ1) is 26.5. The Kier molecular flexibility index (Phi) is 9.54. The van der Waals surface area contributed by atoms with Gasteiger partial charge in [0.2, 0.25) is 11.8 Å². The summed E-state index contributed by atoms with van der Waals surface area (Å²) in [6.45, 7) is 8.76. The van der Waals surface area contributed by atoms with E-state index in [1.165, 1.54) is 4.90 Å². The molecule has 0 fully saturated rings. The number of rotatable bonds is 10. The van der Waals surface area contributed by atoms with Crippen LogP contribution < -0.4 is 5.32 Å². The molecule has 0 amide bonds. The van der Waals surface area contributed by atoms with E-state index >= 15 is 0 Å². The zero-order chi connectivity index (χ0) is 25.4. The molecule has 2 aromatic carbocycles. The summed E-state index contributed by atoms with van der Waals surface area (Å²) in [5, 5.41) is 20.7. The quantitative estimate of drug-likeness (QED) is 0.161. The summed E-state index contributed by atoms with van der Waals surface area (Å²) in [6, 6.07) is 15.8. The van der Waals surface area contributed by atoms with E-state index in [0.29, 0.717) is 27.9 Å². The van der Waals surface area contributed by atoms with E-state index in [0.717, 1.165) is 30.8 Å². The van der Waals surface area contributed by atoms with Crippen LogP contribution in [0.3, 0.4) is 0 Å². The highest BCUT2D eigenvalue weighted by Crippen LogP contribution is 2.26. The molecule has 0 aliphatic carbocycles. The van der Waals surface area contributed by atoms with Gasteiger partial charge in [-0.1, -0.05) is 38.1 Å². The number of aryl methyl sites for hydroxylation is 1. The molecule has 0 bridgehead atoms. The van der Waals surface area contributed by atoms with Crippen molar-refractivity contribution in [1.29, 1.82) is 10.8 Å². The maximum atomic E-state index is 8.43. The van der Waals surface area contributed by atoms with Crippen molar-refractivity contribution in [3.05, 3.63) is 77.2 Å². The van der Waals surface area contributed by atoms with Gasteiger partial charge in [0.15, 0.2) is 0 Å².